The SMILES string of the molecule is C[C@@H](Cn1ccnc1)NC(=O)c1ccc(SC(F)F)cc1. The van der Waals surface area contributed by atoms with Gasteiger partial charge >= 0.3 is 0 Å². The van der Waals surface area contributed by atoms with E-state index in [1.54, 1.807) is 24.7 Å². The van der Waals surface area contributed by atoms with Crippen molar-refractivity contribution in [3.8, 4) is 0 Å². The van der Waals surface area contributed by atoms with E-state index in [-0.39, 0.29) is 11.9 Å². The Hall–Kier alpha value is -1.89. The van der Waals surface area contributed by atoms with E-state index in [4.69, 9.17) is 0 Å². The number of imidazole rings is 1. The van der Waals surface area contributed by atoms with Gasteiger partial charge in [0.1, 0.15) is 0 Å². The minimum atomic E-state index is -2.46. The molecule has 0 saturated carbocycles. The average molecular weight is 311 g/mol. The lowest BCUT2D eigenvalue weighted by Gasteiger charge is -2.14. The van der Waals surface area contributed by atoms with E-state index in [1.165, 1.54) is 12.1 Å². The van der Waals surface area contributed by atoms with E-state index >= 15 is 0 Å². The number of nitrogens with zero attached hydrogens (tertiary/aromatic N) is 2. The van der Waals surface area contributed by atoms with Crippen molar-refractivity contribution in [2.45, 2.75) is 30.2 Å². The molecule has 0 fully saturated rings. The van der Waals surface area contributed by atoms with Crippen molar-refractivity contribution < 1.29 is 13.6 Å². The van der Waals surface area contributed by atoms with Crippen molar-refractivity contribution in [1.82, 2.24) is 14.9 Å². The fourth-order valence-electron chi connectivity index (χ4n) is 1.85. The van der Waals surface area contributed by atoms with Gasteiger partial charge in [-0.1, -0.05) is 11.8 Å². The van der Waals surface area contributed by atoms with Crippen molar-refractivity contribution in [2.75, 3.05) is 0 Å². The quantitative estimate of drug-likeness (QED) is 0.834. The van der Waals surface area contributed by atoms with Crippen LogP contribution in [0.1, 0.15) is 17.3 Å². The molecule has 1 amide bonds. The summed E-state index contributed by atoms with van der Waals surface area (Å²) in [6, 6.07) is 6.06. The summed E-state index contributed by atoms with van der Waals surface area (Å²) in [6.07, 6.45) is 5.17. The number of carbonyl (C=O) groups excluding carboxylic acids is 1. The number of amides is 1. The van der Waals surface area contributed by atoms with E-state index in [1.807, 2.05) is 17.7 Å². The zero-order chi connectivity index (χ0) is 15.2. The van der Waals surface area contributed by atoms with Crippen LogP contribution in [-0.4, -0.2) is 27.3 Å². The zero-order valence-corrected chi connectivity index (χ0v) is 12.2. The van der Waals surface area contributed by atoms with Gasteiger partial charge < -0.3 is 9.88 Å². The van der Waals surface area contributed by atoms with Gasteiger partial charge in [0, 0.05) is 35.4 Å². The lowest BCUT2D eigenvalue weighted by molar-refractivity contribution is 0.0936. The Balaban J connectivity index is 1.90. The Kier molecular flexibility index (Phi) is 5.32. The number of benzene rings is 1. The smallest absolute Gasteiger partial charge is 0.288 e. The molecule has 0 aliphatic carbocycles. The average Bonchev–Trinajstić information content (AvgIpc) is 2.91. The third-order valence-corrected chi connectivity index (χ3v) is 3.49. The molecule has 0 unspecified atom stereocenters. The van der Waals surface area contributed by atoms with Gasteiger partial charge in [0.15, 0.2) is 0 Å². The summed E-state index contributed by atoms with van der Waals surface area (Å²) in [6.45, 7) is 2.50. The topological polar surface area (TPSA) is 46.9 Å². The number of alkyl halides is 2. The maximum Gasteiger partial charge on any atom is 0.288 e. The van der Waals surface area contributed by atoms with Gasteiger partial charge in [0.05, 0.1) is 6.33 Å². The maximum absolute atomic E-state index is 12.2. The molecule has 0 aliphatic rings. The molecule has 1 aromatic heterocycles. The standard InChI is InChI=1S/C14H15F2N3OS/c1-10(8-19-7-6-17-9-19)18-13(20)11-2-4-12(5-3-11)21-14(15)16/h2-7,9-10,14H,8H2,1H3,(H,18,20)/t10-/m0/s1. The molecule has 4 nitrogen and oxygen atoms in total. The van der Waals surface area contributed by atoms with E-state index in [0.29, 0.717) is 28.8 Å². The first kappa shape index (κ1) is 15.5. The molecule has 21 heavy (non-hydrogen) atoms. The molecule has 1 N–H and O–H groups in total. The first-order chi connectivity index (χ1) is 10.0. The zero-order valence-electron chi connectivity index (χ0n) is 11.4. The highest BCUT2D eigenvalue weighted by Crippen LogP contribution is 2.25. The number of rotatable bonds is 6. The Labute approximate surface area is 125 Å². The molecule has 0 radical (unpaired) electrons. The van der Waals surface area contributed by atoms with Gasteiger partial charge in [-0.3, -0.25) is 4.79 Å². The molecule has 0 aliphatic heterocycles. The molecule has 2 aromatic rings. The molecule has 112 valence electrons. The second-order valence-electron chi connectivity index (χ2n) is 4.54. The second kappa shape index (κ2) is 7.21. The summed E-state index contributed by atoms with van der Waals surface area (Å²) in [5.74, 6) is -2.68. The van der Waals surface area contributed by atoms with Crippen LogP contribution < -0.4 is 5.32 Å². The summed E-state index contributed by atoms with van der Waals surface area (Å²) in [5.41, 5.74) is 0.450. The van der Waals surface area contributed by atoms with E-state index < -0.39 is 5.76 Å². The van der Waals surface area contributed by atoms with Gasteiger partial charge in [0.25, 0.3) is 11.7 Å². The Morgan fingerprint density at radius 3 is 2.67 bits per heavy atom. The summed E-state index contributed by atoms with van der Waals surface area (Å²) in [5, 5.41) is 2.85. The van der Waals surface area contributed by atoms with Crippen LogP contribution in [0.25, 0.3) is 0 Å². The largest absolute Gasteiger partial charge is 0.348 e. The third kappa shape index (κ3) is 4.86. The van der Waals surface area contributed by atoms with Crippen LogP contribution in [0.2, 0.25) is 0 Å². The normalized spacial score (nSPS) is 12.4. The van der Waals surface area contributed by atoms with Gasteiger partial charge in [-0.25, -0.2) is 4.98 Å². The van der Waals surface area contributed by atoms with Crippen LogP contribution >= 0.6 is 11.8 Å². The first-order valence-electron chi connectivity index (χ1n) is 6.36. The summed E-state index contributed by atoms with van der Waals surface area (Å²) in [7, 11) is 0. The van der Waals surface area contributed by atoms with Crippen LogP contribution in [-0.2, 0) is 6.54 Å². The van der Waals surface area contributed by atoms with Gasteiger partial charge in [-0.2, -0.15) is 8.78 Å². The van der Waals surface area contributed by atoms with Crippen molar-refractivity contribution in [2.24, 2.45) is 0 Å². The molecule has 1 heterocycles. The summed E-state index contributed by atoms with van der Waals surface area (Å²) < 4.78 is 26.3. The predicted octanol–water partition coefficient (Wildman–Crippen LogP) is 3.02. The Bertz CT molecular complexity index is 572. The minimum absolute atomic E-state index is 0.0678. The van der Waals surface area contributed by atoms with Gasteiger partial charge in [-0.15, -0.1) is 0 Å². The minimum Gasteiger partial charge on any atom is -0.348 e. The van der Waals surface area contributed by atoms with Crippen LogP contribution in [0.15, 0.2) is 47.9 Å². The van der Waals surface area contributed by atoms with Crippen molar-refractivity contribution in [3.05, 3.63) is 48.5 Å². The molecule has 0 bridgehead atoms. The van der Waals surface area contributed by atoms with Crippen molar-refractivity contribution in [1.29, 1.82) is 0 Å². The summed E-state index contributed by atoms with van der Waals surface area (Å²) in [4.78, 5) is 16.4. The van der Waals surface area contributed by atoms with E-state index in [2.05, 4.69) is 10.3 Å². The fourth-order valence-corrected chi connectivity index (χ4v) is 2.35. The van der Waals surface area contributed by atoms with Gasteiger partial charge in [-0.05, 0) is 31.2 Å². The molecule has 0 spiro atoms. The predicted molar refractivity (Wildman–Crippen MR) is 77.5 cm³/mol. The number of nitrogens with one attached hydrogen (secondary N) is 1. The van der Waals surface area contributed by atoms with Crippen molar-refractivity contribution >= 4 is 17.7 Å². The van der Waals surface area contributed by atoms with Crippen LogP contribution in [0.5, 0.6) is 0 Å². The lowest BCUT2D eigenvalue weighted by atomic mass is 10.2. The molecule has 1 atom stereocenters. The molecule has 2 rings (SSSR count). The number of hydrogen-bond acceptors (Lipinski definition) is 3. The Morgan fingerprint density at radius 1 is 1.38 bits per heavy atom. The Morgan fingerprint density at radius 2 is 2.10 bits per heavy atom. The van der Waals surface area contributed by atoms with Crippen LogP contribution in [0, 0.1) is 0 Å². The first-order valence-corrected chi connectivity index (χ1v) is 7.24. The highest BCUT2D eigenvalue weighted by Gasteiger charge is 2.11. The third-order valence-electron chi connectivity index (χ3n) is 2.76. The number of hydrogen-bond donors (Lipinski definition) is 1. The molecule has 7 heteroatoms. The lowest BCUT2D eigenvalue weighted by Crippen LogP contribution is -2.35. The highest BCUT2D eigenvalue weighted by atomic mass is 32.2. The highest BCUT2D eigenvalue weighted by molar-refractivity contribution is 7.99. The van der Waals surface area contributed by atoms with Gasteiger partial charge in [0.2, 0.25) is 0 Å². The molecule has 1 aromatic carbocycles. The number of thioether (sulfide) groups is 1. The van der Waals surface area contributed by atoms with Crippen LogP contribution in [0.4, 0.5) is 8.78 Å². The monoisotopic (exact) mass is 311 g/mol. The fraction of sp³-hybridized carbons (Fsp3) is 0.286. The molecule has 0 saturated heterocycles. The molecular formula is C14H15F2N3OS. The van der Waals surface area contributed by atoms with E-state index in [9.17, 15) is 13.6 Å². The van der Waals surface area contributed by atoms with E-state index in [0.717, 1.165) is 0 Å². The molecular weight excluding hydrogens is 296 g/mol. The van der Waals surface area contributed by atoms with Crippen molar-refractivity contribution in [3.63, 3.8) is 0 Å². The van der Waals surface area contributed by atoms with Crippen LogP contribution in [0.3, 0.4) is 0 Å². The number of aromatic nitrogens is 2. The maximum atomic E-state index is 12.2. The second-order valence-corrected chi connectivity index (χ2v) is 5.60. The number of halogens is 2. The summed E-state index contributed by atoms with van der Waals surface area (Å²) >= 11 is 0.460. The number of carbonyl (C=O) groups is 1.